The minimum absolute atomic E-state index is 0.143. The van der Waals surface area contributed by atoms with Gasteiger partial charge >= 0.3 is 5.97 Å². The number of anilines is 1. The van der Waals surface area contributed by atoms with Gasteiger partial charge in [-0.05, 0) is 31.0 Å². The van der Waals surface area contributed by atoms with Crippen LogP contribution in [0.3, 0.4) is 0 Å². The van der Waals surface area contributed by atoms with Crippen LogP contribution in [0.1, 0.15) is 29.6 Å². The summed E-state index contributed by atoms with van der Waals surface area (Å²) in [6.07, 6.45) is 6.33. The molecule has 0 spiro atoms. The summed E-state index contributed by atoms with van der Waals surface area (Å²) in [7, 11) is 0. The summed E-state index contributed by atoms with van der Waals surface area (Å²) in [5, 5.41) is 11.9. The number of nitrogens with zero attached hydrogens (tertiary/aromatic N) is 3. The Morgan fingerprint density at radius 1 is 1.22 bits per heavy atom. The first-order valence-electron chi connectivity index (χ1n) is 8.90. The second-order valence-electron chi connectivity index (χ2n) is 6.58. The normalized spacial score (nSPS) is 14.7. The van der Waals surface area contributed by atoms with E-state index < -0.39 is 5.97 Å². The third-order valence-electron chi connectivity index (χ3n) is 4.68. The van der Waals surface area contributed by atoms with Gasteiger partial charge in [0.2, 0.25) is 5.91 Å². The largest absolute Gasteiger partial charge is 0.481 e. The van der Waals surface area contributed by atoms with Crippen molar-refractivity contribution >= 4 is 23.5 Å². The van der Waals surface area contributed by atoms with Gasteiger partial charge in [-0.1, -0.05) is 6.07 Å². The number of amides is 2. The van der Waals surface area contributed by atoms with Crippen LogP contribution in [-0.2, 0) is 16.1 Å². The van der Waals surface area contributed by atoms with Crippen molar-refractivity contribution in [2.45, 2.75) is 25.8 Å². The fourth-order valence-corrected chi connectivity index (χ4v) is 3.12. The van der Waals surface area contributed by atoms with Crippen molar-refractivity contribution in [2.24, 2.45) is 5.92 Å². The van der Waals surface area contributed by atoms with Gasteiger partial charge in [0, 0.05) is 49.7 Å². The molecule has 8 nitrogen and oxygen atoms in total. The number of carbonyl (C=O) groups is 3. The lowest BCUT2D eigenvalue weighted by Crippen LogP contribution is -2.40. The van der Waals surface area contributed by atoms with E-state index in [0.29, 0.717) is 50.1 Å². The van der Waals surface area contributed by atoms with E-state index in [4.69, 9.17) is 5.11 Å². The van der Waals surface area contributed by atoms with Crippen LogP contribution in [-0.4, -0.2) is 50.4 Å². The van der Waals surface area contributed by atoms with E-state index in [1.165, 1.54) is 0 Å². The Hall–Kier alpha value is -3.16. The van der Waals surface area contributed by atoms with Gasteiger partial charge in [0.15, 0.2) is 0 Å². The Kier molecular flexibility index (Phi) is 5.85. The minimum Gasteiger partial charge on any atom is -0.481 e. The molecule has 27 heavy (non-hydrogen) atoms. The lowest BCUT2D eigenvalue weighted by atomic mass is 9.96. The Morgan fingerprint density at radius 2 is 2.00 bits per heavy atom. The van der Waals surface area contributed by atoms with Crippen molar-refractivity contribution in [2.75, 3.05) is 18.4 Å². The standard InChI is InChI=1S/C19H22N4O4/c24-17(6-8-22-11-7-20-13-22)21-16-3-1-2-15(12-16)18(25)23-9-4-14(5-10-23)19(26)27/h1-3,7,11-14H,4-6,8-10H2,(H,21,24)(H,26,27). The first-order valence-corrected chi connectivity index (χ1v) is 8.90. The molecule has 0 bridgehead atoms. The fourth-order valence-electron chi connectivity index (χ4n) is 3.12. The average molecular weight is 370 g/mol. The maximum Gasteiger partial charge on any atom is 0.306 e. The zero-order valence-electron chi connectivity index (χ0n) is 14.9. The molecule has 0 aliphatic carbocycles. The molecule has 3 rings (SSSR count). The molecule has 2 N–H and O–H groups in total. The summed E-state index contributed by atoms with van der Waals surface area (Å²) in [5.41, 5.74) is 1.05. The summed E-state index contributed by atoms with van der Waals surface area (Å²) in [6.45, 7) is 1.39. The summed E-state index contributed by atoms with van der Waals surface area (Å²) in [6, 6.07) is 6.82. The molecule has 0 unspecified atom stereocenters. The monoisotopic (exact) mass is 370 g/mol. The van der Waals surface area contributed by atoms with Crippen LogP contribution in [0.25, 0.3) is 0 Å². The first kappa shape index (κ1) is 18.6. The third-order valence-corrected chi connectivity index (χ3v) is 4.68. The smallest absolute Gasteiger partial charge is 0.306 e. The molecular weight excluding hydrogens is 348 g/mol. The molecule has 1 aliphatic rings. The Labute approximate surface area is 156 Å². The highest BCUT2D eigenvalue weighted by molar-refractivity contribution is 5.97. The molecule has 1 saturated heterocycles. The van der Waals surface area contributed by atoms with Gasteiger partial charge in [0.1, 0.15) is 0 Å². The number of carbonyl (C=O) groups excluding carboxylic acids is 2. The predicted octanol–water partition coefficient (Wildman–Crippen LogP) is 1.85. The van der Waals surface area contributed by atoms with E-state index in [1.54, 1.807) is 47.9 Å². The summed E-state index contributed by atoms with van der Waals surface area (Å²) >= 11 is 0. The second kappa shape index (κ2) is 8.48. The number of carboxylic acid groups (broad SMARTS) is 1. The van der Waals surface area contributed by atoms with Crippen LogP contribution in [0, 0.1) is 5.92 Å². The summed E-state index contributed by atoms with van der Waals surface area (Å²) < 4.78 is 1.82. The number of hydrogen-bond acceptors (Lipinski definition) is 4. The predicted molar refractivity (Wildman–Crippen MR) is 98.2 cm³/mol. The SMILES string of the molecule is O=C(CCn1ccnc1)Nc1cccc(C(=O)N2CCC(C(=O)O)CC2)c1. The lowest BCUT2D eigenvalue weighted by Gasteiger charge is -2.30. The molecule has 1 fully saturated rings. The van der Waals surface area contributed by atoms with Crippen molar-refractivity contribution in [1.82, 2.24) is 14.5 Å². The van der Waals surface area contributed by atoms with Crippen LogP contribution in [0.4, 0.5) is 5.69 Å². The van der Waals surface area contributed by atoms with Gasteiger partial charge in [-0.2, -0.15) is 0 Å². The van der Waals surface area contributed by atoms with Gasteiger partial charge in [-0.3, -0.25) is 14.4 Å². The highest BCUT2D eigenvalue weighted by Crippen LogP contribution is 2.20. The number of aryl methyl sites for hydroxylation is 1. The Morgan fingerprint density at radius 3 is 2.67 bits per heavy atom. The van der Waals surface area contributed by atoms with Crippen LogP contribution in [0.15, 0.2) is 43.0 Å². The molecule has 2 heterocycles. The highest BCUT2D eigenvalue weighted by Gasteiger charge is 2.27. The number of carboxylic acids is 1. The molecule has 0 saturated carbocycles. The number of rotatable bonds is 6. The number of imidazole rings is 1. The van der Waals surface area contributed by atoms with E-state index in [-0.39, 0.29) is 17.7 Å². The van der Waals surface area contributed by atoms with Crippen LogP contribution in [0.2, 0.25) is 0 Å². The molecule has 142 valence electrons. The van der Waals surface area contributed by atoms with Gasteiger partial charge in [0.25, 0.3) is 5.91 Å². The summed E-state index contributed by atoms with van der Waals surface area (Å²) in [5.74, 6) is -1.47. The van der Waals surface area contributed by atoms with E-state index in [9.17, 15) is 14.4 Å². The Balaban J connectivity index is 1.55. The molecule has 1 aromatic carbocycles. The van der Waals surface area contributed by atoms with E-state index in [1.807, 2.05) is 4.57 Å². The van der Waals surface area contributed by atoms with Crippen molar-refractivity contribution in [3.63, 3.8) is 0 Å². The van der Waals surface area contributed by atoms with E-state index >= 15 is 0 Å². The summed E-state index contributed by atoms with van der Waals surface area (Å²) in [4.78, 5) is 41.4. The topological polar surface area (TPSA) is 105 Å². The van der Waals surface area contributed by atoms with Crippen LogP contribution >= 0.6 is 0 Å². The molecule has 1 aliphatic heterocycles. The van der Waals surface area contributed by atoms with Gasteiger partial charge in [0.05, 0.1) is 12.2 Å². The van der Waals surface area contributed by atoms with Crippen LogP contribution in [0.5, 0.6) is 0 Å². The molecule has 0 atom stereocenters. The molecule has 2 aromatic rings. The lowest BCUT2D eigenvalue weighted by molar-refractivity contribution is -0.143. The number of hydrogen-bond donors (Lipinski definition) is 2. The van der Waals surface area contributed by atoms with Crippen molar-refractivity contribution in [1.29, 1.82) is 0 Å². The number of aliphatic carboxylic acids is 1. The zero-order valence-corrected chi connectivity index (χ0v) is 14.9. The van der Waals surface area contributed by atoms with E-state index in [2.05, 4.69) is 10.3 Å². The molecule has 1 aromatic heterocycles. The number of aromatic nitrogens is 2. The van der Waals surface area contributed by atoms with Crippen LogP contribution < -0.4 is 5.32 Å². The second-order valence-corrected chi connectivity index (χ2v) is 6.58. The van der Waals surface area contributed by atoms with Gasteiger partial charge in [-0.25, -0.2) is 4.98 Å². The number of likely N-dealkylation sites (tertiary alicyclic amines) is 1. The van der Waals surface area contributed by atoms with E-state index in [0.717, 1.165) is 0 Å². The van der Waals surface area contributed by atoms with Gasteiger partial charge in [-0.15, -0.1) is 0 Å². The molecule has 8 heteroatoms. The van der Waals surface area contributed by atoms with Crippen molar-refractivity contribution < 1.29 is 19.5 Å². The van der Waals surface area contributed by atoms with Crippen molar-refractivity contribution in [3.05, 3.63) is 48.5 Å². The van der Waals surface area contributed by atoms with Crippen molar-refractivity contribution in [3.8, 4) is 0 Å². The number of piperidine rings is 1. The minimum atomic E-state index is -0.803. The number of nitrogens with one attached hydrogen (secondary N) is 1. The molecule has 2 amide bonds. The first-order chi connectivity index (χ1) is 13.0. The fraction of sp³-hybridized carbons (Fsp3) is 0.368. The molecule has 0 radical (unpaired) electrons. The average Bonchev–Trinajstić information content (AvgIpc) is 3.20. The maximum atomic E-state index is 12.7. The Bertz CT molecular complexity index is 811. The maximum absolute atomic E-state index is 12.7. The number of benzene rings is 1. The zero-order chi connectivity index (χ0) is 19.2. The quantitative estimate of drug-likeness (QED) is 0.807. The van der Waals surface area contributed by atoms with Gasteiger partial charge < -0.3 is 19.9 Å². The third kappa shape index (κ3) is 4.93. The highest BCUT2D eigenvalue weighted by atomic mass is 16.4. The molecular formula is C19H22N4O4.